The van der Waals surface area contributed by atoms with E-state index >= 15 is 0 Å². The molecular formula is C21H23N3O2. The maximum Gasteiger partial charge on any atom is 0.253 e. The summed E-state index contributed by atoms with van der Waals surface area (Å²) in [6.07, 6.45) is 8.23. The lowest BCUT2D eigenvalue weighted by atomic mass is 10.0. The van der Waals surface area contributed by atoms with E-state index in [4.69, 9.17) is 0 Å². The molecule has 1 aliphatic heterocycles. The number of aromatic nitrogens is 1. The van der Waals surface area contributed by atoms with Crippen molar-refractivity contribution in [3.63, 3.8) is 0 Å². The Morgan fingerprint density at radius 1 is 1.15 bits per heavy atom. The second kappa shape index (κ2) is 8.43. The van der Waals surface area contributed by atoms with Crippen molar-refractivity contribution >= 4 is 17.9 Å². The molecule has 1 aromatic heterocycles. The molecule has 1 aliphatic rings. The molecule has 1 N–H and O–H groups in total. The monoisotopic (exact) mass is 349 g/mol. The van der Waals surface area contributed by atoms with E-state index in [1.54, 1.807) is 30.6 Å². The fraction of sp³-hybridized carbons (Fsp3) is 0.286. The standard InChI is InChI=1S/C21H23N3O2/c1-16-5-2-3-6-17(16)8-9-20(25)24-13-10-19(11-14-24)23-21(26)18-7-4-12-22-15-18/h2-9,12,15,19H,10-11,13-14H2,1H3,(H,23,26)/b9-8+. The lowest BCUT2D eigenvalue weighted by Gasteiger charge is -2.31. The third-order valence-electron chi connectivity index (χ3n) is 4.66. The van der Waals surface area contributed by atoms with Gasteiger partial charge in [0.05, 0.1) is 5.56 Å². The summed E-state index contributed by atoms with van der Waals surface area (Å²) in [6, 6.07) is 11.6. The number of nitrogens with one attached hydrogen (secondary N) is 1. The van der Waals surface area contributed by atoms with E-state index in [0.717, 1.165) is 24.0 Å². The molecule has 2 aromatic rings. The number of rotatable bonds is 4. The first-order valence-electron chi connectivity index (χ1n) is 8.87. The van der Waals surface area contributed by atoms with E-state index < -0.39 is 0 Å². The zero-order valence-electron chi connectivity index (χ0n) is 14.9. The van der Waals surface area contributed by atoms with Gasteiger partial charge in [-0.25, -0.2) is 0 Å². The van der Waals surface area contributed by atoms with Gasteiger partial charge in [0.1, 0.15) is 0 Å². The maximum absolute atomic E-state index is 12.4. The smallest absolute Gasteiger partial charge is 0.253 e. The summed E-state index contributed by atoms with van der Waals surface area (Å²) in [4.78, 5) is 30.4. The van der Waals surface area contributed by atoms with Crippen LogP contribution in [0.1, 0.15) is 34.3 Å². The summed E-state index contributed by atoms with van der Waals surface area (Å²) in [7, 11) is 0. The van der Waals surface area contributed by atoms with Gasteiger partial charge < -0.3 is 10.2 Å². The van der Waals surface area contributed by atoms with E-state index in [2.05, 4.69) is 10.3 Å². The summed E-state index contributed by atoms with van der Waals surface area (Å²) >= 11 is 0. The van der Waals surface area contributed by atoms with Crippen LogP contribution >= 0.6 is 0 Å². The number of hydrogen-bond acceptors (Lipinski definition) is 3. The molecule has 3 rings (SSSR count). The molecular weight excluding hydrogens is 326 g/mol. The van der Waals surface area contributed by atoms with Crippen molar-refractivity contribution in [2.45, 2.75) is 25.8 Å². The van der Waals surface area contributed by atoms with Crippen molar-refractivity contribution < 1.29 is 9.59 Å². The maximum atomic E-state index is 12.4. The highest BCUT2D eigenvalue weighted by atomic mass is 16.2. The number of benzene rings is 1. The Labute approximate surface area is 153 Å². The predicted octanol–water partition coefficient (Wildman–Crippen LogP) is 2.82. The molecule has 2 amide bonds. The topological polar surface area (TPSA) is 62.3 Å². The van der Waals surface area contributed by atoms with Crippen LogP contribution in [0.2, 0.25) is 0 Å². The second-order valence-corrected chi connectivity index (χ2v) is 6.50. The van der Waals surface area contributed by atoms with Crippen molar-refractivity contribution in [2.24, 2.45) is 0 Å². The Balaban J connectivity index is 1.49. The largest absolute Gasteiger partial charge is 0.349 e. The SMILES string of the molecule is Cc1ccccc1/C=C/C(=O)N1CCC(NC(=O)c2cccnc2)CC1. The molecule has 0 atom stereocenters. The molecule has 1 saturated heterocycles. The first-order chi connectivity index (χ1) is 12.6. The average molecular weight is 349 g/mol. The molecule has 0 saturated carbocycles. The fourth-order valence-corrected chi connectivity index (χ4v) is 3.05. The molecule has 0 unspecified atom stereocenters. The molecule has 1 aromatic carbocycles. The van der Waals surface area contributed by atoms with Crippen molar-refractivity contribution in [3.8, 4) is 0 Å². The van der Waals surface area contributed by atoms with Gasteiger partial charge in [-0.05, 0) is 49.1 Å². The van der Waals surface area contributed by atoms with E-state index in [9.17, 15) is 9.59 Å². The summed E-state index contributed by atoms with van der Waals surface area (Å²) in [6.45, 7) is 3.32. The van der Waals surface area contributed by atoms with Gasteiger partial charge in [-0.3, -0.25) is 14.6 Å². The number of carbonyl (C=O) groups is 2. The zero-order valence-corrected chi connectivity index (χ0v) is 14.9. The highest BCUT2D eigenvalue weighted by Crippen LogP contribution is 2.13. The van der Waals surface area contributed by atoms with Gasteiger partial charge in [0.25, 0.3) is 5.91 Å². The number of piperidine rings is 1. The van der Waals surface area contributed by atoms with Crippen LogP contribution in [0.5, 0.6) is 0 Å². The first kappa shape index (κ1) is 17.9. The van der Waals surface area contributed by atoms with Crippen LogP contribution in [0.15, 0.2) is 54.9 Å². The lowest BCUT2D eigenvalue weighted by Crippen LogP contribution is -2.46. The molecule has 5 heteroatoms. The summed E-state index contributed by atoms with van der Waals surface area (Å²) in [5.74, 6) is -0.0902. The highest BCUT2D eigenvalue weighted by Gasteiger charge is 2.23. The zero-order chi connectivity index (χ0) is 18.4. The van der Waals surface area contributed by atoms with Crippen molar-refractivity contribution in [3.05, 3.63) is 71.6 Å². The Hall–Kier alpha value is -2.95. The van der Waals surface area contributed by atoms with Gasteiger partial charge in [0.2, 0.25) is 5.91 Å². The Morgan fingerprint density at radius 3 is 2.62 bits per heavy atom. The average Bonchev–Trinajstić information content (AvgIpc) is 2.68. The number of likely N-dealkylation sites (tertiary alicyclic amines) is 1. The molecule has 0 bridgehead atoms. The predicted molar refractivity (Wildman–Crippen MR) is 102 cm³/mol. The normalized spacial score (nSPS) is 15.2. The number of pyridine rings is 1. The Bertz CT molecular complexity index is 794. The van der Waals surface area contributed by atoms with Crippen molar-refractivity contribution in [1.29, 1.82) is 0 Å². The molecule has 134 valence electrons. The van der Waals surface area contributed by atoms with Gasteiger partial charge in [0, 0.05) is 37.6 Å². The third-order valence-corrected chi connectivity index (χ3v) is 4.66. The van der Waals surface area contributed by atoms with Gasteiger partial charge >= 0.3 is 0 Å². The number of hydrogen-bond donors (Lipinski definition) is 1. The Kier molecular flexibility index (Phi) is 5.79. The number of carbonyl (C=O) groups excluding carboxylic acids is 2. The van der Waals surface area contributed by atoms with E-state index in [0.29, 0.717) is 18.7 Å². The minimum absolute atomic E-state index is 0.0188. The summed E-state index contributed by atoms with van der Waals surface area (Å²) in [5.41, 5.74) is 2.76. The molecule has 26 heavy (non-hydrogen) atoms. The van der Waals surface area contributed by atoms with Gasteiger partial charge in [0.15, 0.2) is 0 Å². The molecule has 0 aliphatic carbocycles. The second-order valence-electron chi connectivity index (χ2n) is 6.50. The minimum Gasteiger partial charge on any atom is -0.349 e. The number of amides is 2. The van der Waals surface area contributed by atoms with Gasteiger partial charge in [-0.15, -0.1) is 0 Å². The quantitative estimate of drug-likeness (QED) is 0.864. The van der Waals surface area contributed by atoms with E-state index in [1.807, 2.05) is 42.2 Å². The van der Waals surface area contributed by atoms with E-state index in [1.165, 1.54) is 0 Å². The lowest BCUT2D eigenvalue weighted by molar-refractivity contribution is -0.126. The Morgan fingerprint density at radius 2 is 1.92 bits per heavy atom. The van der Waals surface area contributed by atoms with Crippen LogP contribution < -0.4 is 5.32 Å². The van der Waals surface area contributed by atoms with Crippen LogP contribution in [-0.2, 0) is 4.79 Å². The minimum atomic E-state index is -0.109. The number of nitrogens with zero attached hydrogens (tertiary/aromatic N) is 2. The molecule has 2 heterocycles. The fourth-order valence-electron chi connectivity index (χ4n) is 3.05. The van der Waals surface area contributed by atoms with E-state index in [-0.39, 0.29) is 17.9 Å². The number of aryl methyl sites for hydroxylation is 1. The molecule has 0 spiro atoms. The van der Waals surface area contributed by atoms with Crippen molar-refractivity contribution in [1.82, 2.24) is 15.2 Å². The summed E-state index contributed by atoms with van der Waals surface area (Å²) in [5, 5.41) is 3.03. The van der Waals surface area contributed by atoms with Gasteiger partial charge in [-0.1, -0.05) is 24.3 Å². The van der Waals surface area contributed by atoms with Crippen molar-refractivity contribution in [2.75, 3.05) is 13.1 Å². The van der Waals surface area contributed by atoms with Gasteiger partial charge in [-0.2, -0.15) is 0 Å². The summed E-state index contributed by atoms with van der Waals surface area (Å²) < 4.78 is 0. The van der Waals surface area contributed by atoms with Crippen LogP contribution in [0, 0.1) is 6.92 Å². The third kappa shape index (κ3) is 4.57. The molecule has 0 radical (unpaired) electrons. The van der Waals surface area contributed by atoms with Crippen LogP contribution in [0.25, 0.3) is 6.08 Å². The van der Waals surface area contributed by atoms with Crippen LogP contribution in [0.3, 0.4) is 0 Å². The molecule has 5 nitrogen and oxygen atoms in total. The highest BCUT2D eigenvalue weighted by molar-refractivity contribution is 5.94. The molecule has 1 fully saturated rings. The van der Waals surface area contributed by atoms with Crippen LogP contribution in [-0.4, -0.2) is 40.8 Å². The first-order valence-corrected chi connectivity index (χ1v) is 8.87. The van der Waals surface area contributed by atoms with Crippen LogP contribution in [0.4, 0.5) is 0 Å².